The average Bonchev–Trinajstić information content (AvgIpc) is 2.68. The predicted molar refractivity (Wildman–Crippen MR) is 81.0 cm³/mol. The molecule has 0 atom stereocenters. The Labute approximate surface area is 120 Å². The van der Waals surface area contributed by atoms with Crippen LogP contribution in [0.1, 0.15) is 53.3 Å². The Balaban J connectivity index is 2.37. The highest BCUT2D eigenvalue weighted by atomic mass is 16.2. The van der Waals surface area contributed by atoms with Crippen molar-refractivity contribution in [2.45, 2.75) is 32.6 Å². The van der Waals surface area contributed by atoms with E-state index in [-0.39, 0.29) is 11.6 Å². The molecular formula is C18H20O2. The first-order valence-electron chi connectivity index (χ1n) is 7.12. The molecule has 1 aliphatic rings. The topological polar surface area (TPSA) is 34.1 Å². The van der Waals surface area contributed by atoms with E-state index < -0.39 is 5.41 Å². The van der Waals surface area contributed by atoms with Gasteiger partial charge in [-0.15, -0.1) is 6.58 Å². The molecular weight excluding hydrogens is 248 g/mol. The second-order valence-electron chi connectivity index (χ2n) is 5.24. The van der Waals surface area contributed by atoms with E-state index in [0.29, 0.717) is 24.0 Å². The van der Waals surface area contributed by atoms with Crippen LogP contribution in [0, 0.1) is 5.41 Å². The van der Waals surface area contributed by atoms with Gasteiger partial charge >= 0.3 is 0 Å². The van der Waals surface area contributed by atoms with Gasteiger partial charge in [-0.3, -0.25) is 9.59 Å². The third-order valence-electron chi connectivity index (χ3n) is 3.87. The Kier molecular flexibility index (Phi) is 4.33. The fourth-order valence-electron chi connectivity index (χ4n) is 2.77. The van der Waals surface area contributed by atoms with Crippen LogP contribution >= 0.6 is 0 Å². The van der Waals surface area contributed by atoms with Gasteiger partial charge in [-0.1, -0.05) is 55.8 Å². The van der Waals surface area contributed by atoms with Gasteiger partial charge in [0.25, 0.3) is 0 Å². The first-order chi connectivity index (χ1) is 9.67. The van der Waals surface area contributed by atoms with Gasteiger partial charge in [0.05, 0.1) is 0 Å². The van der Waals surface area contributed by atoms with Crippen LogP contribution in [0.2, 0.25) is 0 Å². The third-order valence-corrected chi connectivity index (χ3v) is 3.87. The van der Waals surface area contributed by atoms with Crippen LogP contribution in [-0.4, -0.2) is 11.6 Å². The summed E-state index contributed by atoms with van der Waals surface area (Å²) in [5.74, 6) is -0.113. The van der Waals surface area contributed by atoms with Crippen LogP contribution in [0.5, 0.6) is 0 Å². The summed E-state index contributed by atoms with van der Waals surface area (Å²) in [4.78, 5) is 25.4. The zero-order valence-electron chi connectivity index (χ0n) is 11.9. The minimum absolute atomic E-state index is 0.0563. The molecule has 0 fully saturated rings. The summed E-state index contributed by atoms with van der Waals surface area (Å²) in [7, 11) is 0. The number of carbonyl (C=O) groups is 2. The summed E-state index contributed by atoms with van der Waals surface area (Å²) in [5.41, 5.74) is 0.154. The normalized spacial score (nSPS) is 16.6. The lowest BCUT2D eigenvalue weighted by molar-refractivity contribution is 0.0703. The molecule has 0 saturated carbocycles. The Morgan fingerprint density at radius 3 is 2.15 bits per heavy atom. The second-order valence-corrected chi connectivity index (χ2v) is 5.24. The zero-order chi connectivity index (χ0) is 14.6. The minimum atomic E-state index is -0.963. The molecule has 0 radical (unpaired) electrons. The van der Waals surface area contributed by atoms with Gasteiger partial charge < -0.3 is 0 Å². The summed E-state index contributed by atoms with van der Waals surface area (Å²) in [5, 5.41) is 0. The molecule has 20 heavy (non-hydrogen) atoms. The van der Waals surface area contributed by atoms with Gasteiger partial charge in [-0.25, -0.2) is 0 Å². The number of ketones is 2. The van der Waals surface area contributed by atoms with Crippen molar-refractivity contribution < 1.29 is 9.59 Å². The molecule has 1 aliphatic carbocycles. The van der Waals surface area contributed by atoms with E-state index in [1.165, 1.54) is 0 Å². The number of rotatable bonds is 6. The van der Waals surface area contributed by atoms with Gasteiger partial charge in [-0.05, 0) is 19.3 Å². The van der Waals surface area contributed by atoms with Crippen molar-refractivity contribution in [1.29, 1.82) is 0 Å². The van der Waals surface area contributed by atoms with Gasteiger partial charge in [0.1, 0.15) is 5.41 Å². The van der Waals surface area contributed by atoms with E-state index in [2.05, 4.69) is 13.5 Å². The standard InChI is InChI=1S/C18H20O2/c1-3-5-6-9-13-18(12-4-2)16(19)14-10-7-8-11-15(14)17(18)20/h4,6-11H,2-3,5,12-13H2,1H3/b9-6+. The number of hydrogen-bond acceptors (Lipinski definition) is 2. The lowest BCUT2D eigenvalue weighted by atomic mass is 9.76. The van der Waals surface area contributed by atoms with Gasteiger partial charge in [-0.2, -0.15) is 0 Å². The van der Waals surface area contributed by atoms with Crippen LogP contribution in [0.4, 0.5) is 0 Å². The van der Waals surface area contributed by atoms with E-state index >= 15 is 0 Å². The molecule has 1 aromatic rings. The van der Waals surface area contributed by atoms with E-state index in [0.717, 1.165) is 12.8 Å². The molecule has 0 spiro atoms. The molecule has 0 amide bonds. The highest BCUT2D eigenvalue weighted by molar-refractivity contribution is 6.29. The van der Waals surface area contributed by atoms with E-state index in [9.17, 15) is 9.59 Å². The number of fused-ring (bicyclic) bond motifs is 1. The van der Waals surface area contributed by atoms with Crippen LogP contribution < -0.4 is 0 Å². The van der Waals surface area contributed by atoms with Crippen LogP contribution in [0.3, 0.4) is 0 Å². The Bertz CT molecular complexity index is 532. The highest BCUT2D eigenvalue weighted by Crippen LogP contribution is 2.42. The van der Waals surface area contributed by atoms with Crippen molar-refractivity contribution in [3.63, 3.8) is 0 Å². The molecule has 104 valence electrons. The summed E-state index contributed by atoms with van der Waals surface area (Å²) >= 11 is 0. The number of unbranched alkanes of at least 4 members (excludes halogenated alkanes) is 1. The fourth-order valence-corrected chi connectivity index (χ4v) is 2.77. The quantitative estimate of drug-likeness (QED) is 0.567. The zero-order valence-corrected chi connectivity index (χ0v) is 11.9. The number of benzene rings is 1. The van der Waals surface area contributed by atoms with Gasteiger partial charge in [0, 0.05) is 11.1 Å². The molecule has 0 bridgehead atoms. The summed E-state index contributed by atoms with van der Waals surface area (Å²) in [6.45, 7) is 5.82. The molecule has 2 nitrogen and oxygen atoms in total. The third kappa shape index (κ3) is 2.26. The highest BCUT2D eigenvalue weighted by Gasteiger charge is 2.50. The van der Waals surface area contributed by atoms with Gasteiger partial charge in [0.2, 0.25) is 0 Å². The lowest BCUT2D eigenvalue weighted by Crippen LogP contribution is -2.32. The molecule has 0 aliphatic heterocycles. The maximum atomic E-state index is 12.7. The van der Waals surface area contributed by atoms with Crippen molar-refractivity contribution in [2.75, 3.05) is 0 Å². The smallest absolute Gasteiger partial charge is 0.178 e. The molecule has 0 N–H and O–H groups in total. The van der Waals surface area contributed by atoms with Crippen molar-refractivity contribution in [3.8, 4) is 0 Å². The molecule has 0 aromatic heterocycles. The van der Waals surface area contributed by atoms with E-state index in [1.807, 2.05) is 12.2 Å². The second kappa shape index (κ2) is 6.00. The van der Waals surface area contributed by atoms with Gasteiger partial charge in [0.15, 0.2) is 11.6 Å². The predicted octanol–water partition coefficient (Wildman–Crippen LogP) is 4.37. The largest absolute Gasteiger partial charge is 0.293 e. The number of allylic oxidation sites excluding steroid dienone is 3. The summed E-state index contributed by atoms with van der Waals surface area (Å²) < 4.78 is 0. The molecule has 1 aromatic carbocycles. The number of Topliss-reactive ketones (excluding diaryl/α,β-unsaturated/α-hetero) is 2. The lowest BCUT2D eigenvalue weighted by Gasteiger charge is -2.22. The maximum Gasteiger partial charge on any atom is 0.178 e. The molecule has 0 saturated heterocycles. The van der Waals surface area contributed by atoms with Crippen molar-refractivity contribution in [1.82, 2.24) is 0 Å². The minimum Gasteiger partial charge on any atom is -0.293 e. The summed E-state index contributed by atoms with van der Waals surface area (Å²) in [6.07, 6.45) is 8.59. The summed E-state index contributed by atoms with van der Waals surface area (Å²) in [6, 6.07) is 7.11. The first kappa shape index (κ1) is 14.4. The van der Waals surface area contributed by atoms with Crippen molar-refractivity contribution >= 4 is 11.6 Å². The first-order valence-corrected chi connectivity index (χ1v) is 7.12. The Morgan fingerprint density at radius 2 is 1.65 bits per heavy atom. The van der Waals surface area contributed by atoms with Crippen molar-refractivity contribution in [3.05, 3.63) is 60.2 Å². The number of hydrogen-bond donors (Lipinski definition) is 0. The molecule has 2 heteroatoms. The maximum absolute atomic E-state index is 12.7. The Hall–Kier alpha value is -1.96. The Morgan fingerprint density at radius 1 is 1.05 bits per heavy atom. The monoisotopic (exact) mass is 268 g/mol. The molecule has 0 heterocycles. The van der Waals surface area contributed by atoms with E-state index in [4.69, 9.17) is 0 Å². The van der Waals surface area contributed by atoms with Crippen molar-refractivity contribution in [2.24, 2.45) is 5.41 Å². The fraction of sp³-hybridized carbons (Fsp3) is 0.333. The average molecular weight is 268 g/mol. The number of carbonyl (C=O) groups excluding carboxylic acids is 2. The van der Waals surface area contributed by atoms with Crippen LogP contribution in [0.25, 0.3) is 0 Å². The van der Waals surface area contributed by atoms with E-state index in [1.54, 1.807) is 30.3 Å². The van der Waals surface area contributed by atoms with Crippen LogP contribution in [-0.2, 0) is 0 Å². The van der Waals surface area contributed by atoms with Crippen LogP contribution in [0.15, 0.2) is 49.1 Å². The molecule has 2 rings (SSSR count). The molecule has 0 unspecified atom stereocenters. The SMILES string of the molecule is C=CCC1(C/C=C/CCC)C(=O)c2ccccc2C1=O.